The Morgan fingerprint density at radius 1 is 1.13 bits per heavy atom. The zero-order valence-corrected chi connectivity index (χ0v) is 13.6. The Morgan fingerprint density at radius 3 is 2.87 bits per heavy atom. The highest BCUT2D eigenvalue weighted by atomic mass is 15.1. The molecule has 2 aromatic heterocycles. The summed E-state index contributed by atoms with van der Waals surface area (Å²) in [5.74, 6) is 1.70. The van der Waals surface area contributed by atoms with E-state index in [0.717, 1.165) is 36.8 Å². The monoisotopic (exact) mass is 308 g/mol. The van der Waals surface area contributed by atoms with Gasteiger partial charge < -0.3 is 0 Å². The summed E-state index contributed by atoms with van der Waals surface area (Å²) in [5.41, 5.74) is 3.53. The summed E-state index contributed by atoms with van der Waals surface area (Å²) in [5, 5.41) is 0. The van der Waals surface area contributed by atoms with Crippen molar-refractivity contribution in [2.75, 3.05) is 13.1 Å². The van der Waals surface area contributed by atoms with E-state index in [2.05, 4.69) is 14.9 Å². The SMILES string of the molecule is c1cncc(-c2ncc3c(n2)CN(CC2CCCCC2)CC3)c1. The molecule has 120 valence electrons. The van der Waals surface area contributed by atoms with Gasteiger partial charge in [-0.1, -0.05) is 19.3 Å². The number of aromatic nitrogens is 3. The van der Waals surface area contributed by atoms with Gasteiger partial charge in [-0.2, -0.15) is 0 Å². The number of fused-ring (bicyclic) bond motifs is 1. The van der Waals surface area contributed by atoms with E-state index in [1.807, 2.05) is 24.5 Å². The van der Waals surface area contributed by atoms with E-state index in [-0.39, 0.29) is 0 Å². The molecular weight excluding hydrogens is 284 g/mol. The van der Waals surface area contributed by atoms with Gasteiger partial charge in [0.2, 0.25) is 0 Å². The summed E-state index contributed by atoms with van der Waals surface area (Å²) in [6.07, 6.45) is 13.8. The van der Waals surface area contributed by atoms with Crippen LogP contribution in [0.2, 0.25) is 0 Å². The molecule has 0 unspecified atom stereocenters. The first-order valence-corrected chi connectivity index (χ1v) is 8.86. The Labute approximate surface area is 138 Å². The molecule has 4 rings (SSSR count). The molecule has 0 saturated heterocycles. The van der Waals surface area contributed by atoms with Crippen molar-refractivity contribution in [1.82, 2.24) is 19.9 Å². The van der Waals surface area contributed by atoms with E-state index in [4.69, 9.17) is 4.98 Å². The van der Waals surface area contributed by atoms with Crippen LogP contribution in [0.25, 0.3) is 11.4 Å². The third-order valence-electron chi connectivity index (χ3n) is 5.19. The fourth-order valence-corrected chi connectivity index (χ4v) is 3.88. The molecule has 4 nitrogen and oxygen atoms in total. The molecule has 0 N–H and O–H groups in total. The summed E-state index contributed by atoms with van der Waals surface area (Å²) >= 11 is 0. The molecule has 4 heteroatoms. The fourth-order valence-electron chi connectivity index (χ4n) is 3.88. The molecule has 3 heterocycles. The number of pyridine rings is 1. The average molecular weight is 308 g/mol. The first kappa shape index (κ1) is 14.8. The summed E-state index contributed by atoms with van der Waals surface area (Å²) in [7, 11) is 0. The molecule has 23 heavy (non-hydrogen) atoms. The molecule has 1 fully saturated rings. The normalized spacial score (nSPS) is 19.5. The van der Waals surface area contributed by atoms with Gasteiger partial charge in [0.15, 0.2) is 5.82 Å². The molecule has 2 aliphatic rings. The van der Waals surface area contributed by atoms with Crippen LogP contribution in [0, 0.1) is 5.92 Å². The largest absolute Gasteiger partial charge is 0.297 e. The van der Waals surface area contributed by atoms with Crippen molar-refractivity contribution in [3.05, 3.63) is 42.0 Å². The van der Waals surface area contributed by atoms with Crippen LogP contribution in [0.3, 0.4) is 0 Å². The van der Waals surface area contributed by atoms with Crippen LogP contribution >= 0.6 is 0 Å². The first-order chi connectivity index (χ1) is 11.4. The van der Waals surface area contributed by atoms with Gasteiger partial charge >= 0.3 is 0 Å². The molecule has 0 bridgehead atoms. The van der Waals surface area contributed by atoms with Crippen LogP contribution in [0.15, 0.2) is 30.7 Å². The maximum absolute atomic E-state index is 4.83. The van der Waals surface area contributed by atoms with Gasteiger partial charge in [-0.15, -0.1) is 0 Å². The maximum Gasteiger partial charge on any atom is 0.160 e. The van der Waals surface area contributed by atoms with Crippen molar-refractivity contribution >= 4 is 0 Å². The van der Waals surface area contributed by atoms with Crippen LogP contribution in [-0.4, -0.2) is 32.9 Å². The molecule has 0 aromatic carbocycles. The molecule has 0 spiro atoms. The number of hydrogen-bond acceptors (Lipinski definition) is 4. The van der Waals surface area contributed by atoms with Crippen LogP contribution in [-0.2, 0) is 13.0 Å². The fraction of sp³-hybridized carbons (Fsp3) is 0.526. The molecule has 1 aliphatic heterocycles. The molecule has 0 radical (unpaired) electrons. The lowest BCUT2D eigenvalue weighted by Crippen LogP contribution is -2.35. The molecule has 2 aromatic rings. The first-order valence-electron chi connectivity index (χ1n) is 8.86. The summed E-state index contributed by atoms with van der Waals surface area (Å²) in [6, 6.07) is 3.96. The zero-order chi connectivity index (χ0) is 15.5. The third kappa shape index (κ3) is 3.42. The van der Waals surface area contributed by atoms with Gasteiger partial charge in [-0.25, -0.2) is 9.97 Å². The number of hydrogen-bond donors (Lipinski definition) is 0. The quantitative estimate of drug-likeness (QED) is 0.870. The summed E-state index contributed by atoms with van der Waals surface area (Å²) in [4.78, 5) is 16.1. The van der Waals surface area contributed by atoms with Gasteiger partial charge in [0.25, 0.3) is 0 Å². The summed E-state index contributed by atoms with van der Waals surface area (Å²) in [6.45, 7) is 3.37. The highest BCUT2D eigenvalue weighted by Gasteiger charge is 2.22. The smallest absolute Gasteiger partial charge is 0.160 e. The topological polar surface area (TPSA) is 41.9 Å². The van der Waals surface area contributed by atoms with Crippen molar-refractivity contribution < 1.29 is 0 Å². The second-order valence-electron chi connectivity index (χ2n) is 6.90. The molecule has 1 aliphatic carbocycles. The van der Waals surface area contributed by atoms with E-state index < -0.39 is 0 Å². The minimum atomic E-state index is 0.802. The Hall–Kier alpha value is -1.81. The van der Waals surface area contributed by atoms with Crippen molar-refractivity contribution in [2.45, 2.75) is 45.1 Å². The molecular formula is C19H24N4. The van der Waals surface area contributed by atoms with E-state index in [1.165, 1.54) is 49.9 Å². The Bertz CT molecular complexity index is 650. The lowest BCUT2D eigenvalue weighted by molar-refractivity contribution is 0.184. The second kappa shape index (κ2) is 6.75. The van der Waals surface area contributed by atoms with Gasteiger partial charge in [-0.05, 0) is 42.9 Å². The Kier molecular flexibility index (Phi) is 4.33. The Morgan fingerprint density at radius 2 is 2.04 bits per heavy atom. The van der Waals surface area contributed by atoms with Crippen LogP contribution < -0.4 is 0 Å². The van der Waals surface area contributed by atoms with E-state index in [0.29, 0.717) is 0 Å². The van der Waals surface area contributed by atoms with Crippen LogP contribution in [0.1, 0.15) is 43.4 Å². The highest BCUT2D eigenvalue weighted by Crippen LogP contribution is 2.27. The number of rotatable bonds is 3. The van der Waals surface area contributed by atoms with Gasteiger partial charge in [0.05, 0.1) is 5.69 Å². The van der Waals surface area contributed by atoms with E-state index >= 15 is 0 Å². The van der Waals surface area contributed by atoms with Crippen molar-refractivity contribution in [3.8, 4) is 11.4 Å². The van der Waals surface area contributed by atoms with Gasteiger partial charge in [0, 0.05) is 43.8 Å². The molecule has 0 amide bonds. The van der Waals surface area contributed by atoms with Gasteiger partial charge in [0.1, 0.15) is 0 Å². The van der Waals surface area contributed by atoms with Crippen molar-refractivity contribution in [3.63, 3.8) is 0 Å². The van der Waals surface area contributed by atoms with Crippen molar-refractivity contribution in [1.29, 1.82) is 0 Å². The average Bonchev–Trinajstić information content (AvgIpc) is 2.63. The minimum absolute atomic E-state index is 0.802. The number of nitrogens with zero attached hydrogens (tertiary/aromatic N) is 4. The van der Waals surface area contributed by atoms with E-state index in [9.17, 15) is 0 Å². The maximum atomic E-state index is 4.83. The van der Waals surface area contributed by atoms with Gasteiger partial charge in [-0.3, -0.25) is 9.88 Å². The lowest BCUT2D eigenvalue weighted by Gasteiger charge is -2.32. The third-order valence-corrected chi connectivity index (χ3v) is 5.19. The predicted molar refractivity (Wildman–Crippen MR) is 90.8 cm³/mol. The van der Waals surface area contributed by atoms with Crippen LogP contribution in [0.5, 0.6) is 0 Å². The summed E-state index contributed by atoms with van der Waals surface area (Å²) < 4.78 is 0. The van der Waals surface area contributed by atoms with E-state index in [1.54, 1.807) is 6.20 Å². The minimum Gasteiger partial charge on any atom is -0.297 e. The second-order valence-corrected chi connectivity index (χ2v) is 6.90. The lowest BCUT2D eigenvalue weighted by atomic mass is 9.88. The molecule has 1 saturated carbocycles. The predicted octanol–water partition coefficient (Wildman–Crippen LogP) is 3.48. The highest BCUT2D eigenvalue weighted by molar-refractivity contribution is 5.53. The van der Waals surface area contributed by atoms with Crippen LogP contribution in [0.4, 0.5) is 0 Å². The standard InChI is InChI=1S/C19H24N4/c1-2-5-15(6-3-1)13-23-10-8-16-12-21-19(22-18(16)14-23)17-7-4-9-20-11-17/h4,7,9,11-12,15H,1-3,5-6,8,10,13-14H2. The molecule has 0 atom stereocenters. The Balaban J connectivity index is 1.49. The zero-order valence-electron chi connectivity index (χ0n) is 13.6. The van der Waals surface area contributed by atoms with Crippen molar-refractivity contribution in [2.24, 2.45) is 5.92 Å².